The van der Waals surface area contributed by atoms with Crippen molar-refractivity contribution >= 4 is 37.9 Å². The van der Waals surface area contributed by atoms with E-state index in [1.807, 2.05) is 6.07 Å². The monoisotopic (exact) mass is 458 g/mol. The summed E-state index contributed by atoms with van der Waals surface area (Å²) in [6, 6.07) is 14.6. The summed E-state index contributed by atoms with van der Waals surface area (Å²) >= 11 is 0. The van der Waals surface area contributed by atoms with Gasteiger partial charge in [0.25, 0.3) is 5.12 Å². The third-order valence-electron chi connectivity index (χ3n) is 4.81. The van der Waals surface area contributed by atoms with Gasteiger partial charge in [-0.3, -0.25) is 4.79 Å². The highest BCUT2D eigenvalue weighted by Crippen LogP contribution is 2.23. The van der Waals surface area contributed by atoms with E-state index in [4.69, 9.17) is 4.74 Å². The molecule has 1 atom stereocenters. The van der Waals surface area contributed by atoms with Gasteiger partial charge in [0.05, 0.1) is 6.54 Å². The Kier molecular flexibility index (Phi) is 6.94. The molecule has 0 bridgehead atoms. The minimum absolute atomic E-state index is 0.00801. The van der Waals surface area contributed by atoms with Crippen molar-refractivity contribution in [1.29, 1.82) is 0 Å². The Balaban J connectivity index is 1.77. The maximum absolute atomic E-state index is 12.1. The minimum Gasteiger partial charge on any atom is -0.480 e. The second kappa shape index (κ2) is 9.65. The number of para-hydroxylation sites is 1. The van der Waals surface area contributed by atoms with Crippen LogP contribution in [-0.2, 0) is 43.7 Å². The Morgan fingerprint density at radius 1 is 1.06 bits per heavy atom. The lowest BCUT2D eigenvalue weighted by molar-refractivity contribution is -0.139. The van der Waals surface area contributed by atoms with Gasteiger partial charge in [-0.15, -0.1) is 0 Å². The predicted molar refractivity (Wildman–Crippen MR) is 117 cm³/mol. The van der Waals surface area contributed by atoms with E-state index in [9.17, 15) is 27.9 Å². The van der Waals surface area contributed by atoms with Crippen LogP contribution < -0.4 is 5.32 Å². The number of alkyl carbamates (subject to hydrolysis) is 1. The summed E-state index contributed by atoms with van der Waals surface area (Å²) in [5.74, 6) is -1.26. The lowest BCUT2D eigenvalue weighted by Crippen LogP contribution is -2.42. The first-order chi connectivity index (χ1) is 15.1. The number of carbonyl (C=O) groups is 3. The number of ether oxygens (including phenoxy) is 1. The maximum Gasteiger partial charge on any atom is 0.408 e. The Bertz CT molecular complexity index is 1250. The van der Waals surface area contributed by atoms with Gasteiger partial charge in [-0.05, 0) is 17.2 Å². The number of carboxylic acids is 1. The number of rotatable bonds is 8. The number of amides is 1. The zero-order valence-electron chi connectivity index (χ0n) is 17.2. The molecule has 0 spiro atoms. The van der Waals surface area contributed by atoms with Crippen LogP contribution in [0.5, 0.6) is 0 Å². The summed E-state index contributed by atoms with van der Waals surface area (Å²) in [4.78, 5) is 35.9. The predicted octanol–water partition coefficient (Wildman–Crippen LogP) is 2.13. The molecule has 2 N–H and O–H groups in total. The molecule has 0 saturated carbocycles. The number of nitrogens with one attached hydrogen (secondary N) is 1. The number of hydrogen-bond donors (Lipinski definition) is 2. The maximum atomic E-state index is 12.1. The molecule has 10 heteroatoms. The topological polar surface area (TPSA) is 132 Å². The zero-order chi connectivity index (χ0) is 23.3. The summed E-state index contributed by atoms with van der Waals surface area (Å²) < 4.78 is 29.6. The summed E-state index contributed by atoms with van der Waals surface area (Å²) in [5, 5.41) is 11.6. The fourth-order valence-electron chi connectivity index (χ4n) is 3.20. The lowest BCUT2D eigenvalue weighted by atomic mass is 10.1. The van der Waals surface area contributed by atoms with E-state index >= 15 is 0 Å². The average molecular weight is 458 g/mol. The molecule has 0 saturated heterocycles. The number of carbonyl (C=O) groups excluding carboxylic acids is 2. The van der Waals surface area contributed by atoms with Gasteiger partial charge < -0.3 is 19.7 Å². The molecule has 1 amide bonds. The van der Waals surface area contributed by atoms with Crippen molar-refractivity contribution in [3.63, 3.8) is 0 Å². The number of carboxylic acid groups (broad SMARTS) is 1. The van der Waals surface area contributed by atoms with Crippen LogP contribution in [0.2, 0.25) is 0 Å². The van der Waals surface area contributed by atoms with Gasteiger partial charge in [0.15, 0.2) is 0 Å². The smallest absolute Gasteiger partial charge is 0.408 e. The van der Waals surface area contributed by atoms with Crippen molar-refractivity contribution in [1.82, 2.24) is 9.88 Å². The second-order valence-corrected chi connectivity index (χ2v) is 9.24. The molecule has 0 aliphatic rings. The second-order valence-electron chi connectivity index (χ2n) is 7.24. The van der Waals surface area contributed by atoms with Gasteiger partial charge in [-0.2, -0.15) is 0 Å². The van der Waals surface area contributed by atoms with Crippen molar-refractivity contribution < 1.29 is 32.6 Å². The molecule has 0 aliphatic heterocycles. The van der Waals surface area contributed by atoms with Crippen LogP contribution in [0.3, 0.4) is 0 Å². The molecule has 3 rings (SSSR count). The van der Waals surface area contributed by atoms with Crippen LogP contribution in [0, 0.1) is 0 Å². The first-order valence-electron chi connectivity index (χ1n) is 9.65. The Hall–Kier alpha value is -3.66. The van der Waals surface area contributed by atoms with Crippen molar-refractivity contribution in [3.05, 3.63) is 71.9 Å². The summed E-state index contributed by atoms with van der Waals surface area (Å²) in [5.41, 5.74) is 1.88. The highest BCUT2D eigenvalue weighted by atomic mass is 32.2. The fourth-order valence-corrected chi connectivity index (χ4v) is 3.57. The van der Waals surface area contributed by atoms with E-state index in [1.54, 1.807) is 48.5 Å². The van der Waals surface area contributed by atoms with Gasteiger partial charge in [0.1, 0.15) is 12.6 Å². The Morgan fingerprint density at radius 2 is 1.72 bits per heavy atom. The number of hydrogen-bond acceptors (Lipinski definition) is 6. The van der Waals surface area contributed by atoms with Crippen LogP contribution in [0.1, 0.15) is 11.1 Å². The first-order valence-corrected chi connectivity index (χ1v) is 11.5. The number of aromatic nitrogens is 1. The van der Waals surface area contributed by atoms with Crippen LogP contribution in [0.25, 0.3) is 10.9 Å². The van der Waals surface area contributed by atoms with Gasteiger partial charge in [-0.1, -0.05) is 48.5 Å². The van der Waals surface area contributed by atoms with Crippen molar-refractivity contribution in [3.8, 4) is 0 Å². The highest BCUT2D eigenvalue weighted by Gasteiger charge is 2.24. The fraction of sp³-hybridized carbons (Fsp3) is 0.227. The normalized spacial score (nSPS) is 12.3. The standard InChI is InChI=1S/C22H22N2O7S/c1-32(29,30)20(25)13-24-12-16(17-9-5-6-10-19(17)24)11-18(21(26)27)23-22(28)31-14-15-7-3-2-4-8-15/h2-10,12,18H,11,13-14H2,1H3,(H,23,28)(H,26,27). The molecule has 0 aliphatic carbocycles. The Labute approximate surface area is 184 Å². The van der Waals surface area contributed by atoms with E-state index in [0.717, 1.165) is 11.8 Å². The molecular weight excluding hydrogens is 436 g/mol. The highest BCUT2D eigenvalue weighted by molar-refractivity contribution is 8.05. The first kappa shape index (κ1) is 23.0. The van der Waals surface area contributed by atoms with Crippen LogP contribution in [0.4, 0.5) is 4.79 Å². The molecule has 3 aromatic rings. The van der Waals surface area contributed by atoms with Crippen LogP contribution in [-0.4, -0.2) is 47.6 Å². The third kappa shape index (κ3) is 5.73. The van der Waals surface area contributed by atoms with Gasteiger partial charge >= 0.3 is 12.1 Å². The molecule has 0 radical (unpaired) electrons. The van der Waals surface area contributed by atoms with Crippen molar-refractivity contribution in [2.45, 2.75) is 25.6 Å². The summed E-state index contributed by atoms with van der Waals surface area (Å²) in [6.07, 6.45) is 1.40. The molecule has 32 heavy (non-hydrogen) atoms. The molecule has 0 fully saturated rings. The van der Waals surface area contributed by atoms with Crippen molar-refractivity contribution in [2.75, 3.05) is 6.26 Å². The van der Waals surface area contributed by atoms with Gasteiger partial charge in [0, 0.05) is 29.8 Å². The number of nitrogens with zero attached hydrogens (tertiary/aromatic N) is 1. The molecular formula is C22H22N2O7S. The van der Waals surface area contributed by atoms with E-state index in [2.05, 4.69) is 5.32 Å². The molecule has 168 valence electrons. The Morgan fingerprint density at radius 3 is 2.38 bits per heavy atom. The minimum atomic E-state index is -3.87. The molecule has 1 heterocycles. The quantitative estimate of drug-likeness (QED) is 0.528. The summed E-state index contributed by atoms with van der Waals surface area (Å²) in [7, 11) is -3.87. The van der Waals surface area contributed by atoms with E-state index in [1.165, 1.54) is 10.8 Å². The van der Waals surface area contributed by atoms with Crippen LogP contribution in [0.15, 0.2) is 60.8 Å². The zero-order valence-corrected chi connectivity index (χ0v) is 18.0. The number of fused-ring (bicyclic) bond motifs is 1. The average Bonchev–Trinajstić information content (AvgIpc) is 3.09. The van der Waals surface area contributed by atoms with E-state index in [-0.39, 0.29) is 13.0 Å². The third-order valence-corrected chi connectivity index (χ3v) is 5.77. The molecule has 9 nitrogen and oxygen atoms in total. The molecule has 1 aromatic heterocycles. The van der Waals surface area contributed by atoms with E-state index < -0.39 is 39.6 Å². The van der Waals surface area contributed by atoms with Crippen molar-refractivity contribution in [2.24, 2.45) is 0 Å². The SMILES string of the molecule is CS(=O)(=O)C(=O)Cn1cc(CC(NC(=O)OCc2ccccc2)C(=O)O)c2ccccc21. The summed E-state index contributed by atoms with van der Waals surface area (Å²) in [6.45, 7) is -0.407. The molecule has 2 aromatic carbocycles. The lowest BCUT2D eigenvalue weighted by Gasteiger charge is -2.14. The number of sulfone groups is 1. The van der Waals surface area contributed by atoms with Gasteiger partial charge in [0.2, 0.25) is 9.84 Å². The van der Waals surface area contributed by atoms with Crippen LogP contribution >= 0.6 is 0 Å². The molecule has 1 unspecified atom stereocenters. The number of benzene rings is 2. The van der Waals surface area contributed by atoms with Gasteiger partial charge in [-0.25, -0.2) is 18.0 Å². The largest absolute Gasteiger partial charge is 0.480 e. The van der Waals surface area contributed by atoms with E-state index in [0.29, 0.717) is 16.5 Å². The number of aliphatic carboxylic acids is 1.